The molecular formula is C46H54O4S. The molecule has 5 aromatic carbocycles. The van der Waals surface area contributed by atoms with Crippen LogP contribution in [0.2, 0.25) is 0 Å². The molecular weight excluding hydrogens is 649 g/mol. The van der Waals surface area contributed by atoms with Gasteiger partial charge >= 0.3 is 0 Å². The van der Waals surface area contributed by atoms with Gasteiger partial charge in [-0.05, 0) is 67.2 Å². The van der Waals surface area contributed by atoms with Crippen molar-refractivity contribution in [2.24, 2.45) is 0 Å². The fraction of sp³-hybridized carbons (Fsp3) is 0.348. The molecule has 5 rings (SSSR count). The van der Waals surface area contributed by atoms with Crippen LogP contribution in [0.5, 0.6) is 0 Å². The predicted molar refractivity (Wildman–Crippen MR) is 212 cm³/mol. The van der Waals surface area contributed by atoms with Gasteiger partial charge in [-0.15, -0.1) is 11.8 Å². The zero-order chi connectivity index (χ0) is 35.8. The topological polar surface area (TPSA) is 36.9 Å². The summed E-state index contributed by atoms with van der Waals surface area (Å²) in [5, 5.41) is 0. The molecule has 4 nitrogen and oxygen atoms in total. The Balaban J connectivity index is 1.19. The van der Waals surface area contributed by atoms with E-state index in [9.17, 15) is 0 Å². The molecule has 0 aliphatic heterocycles. The standard InChI is InChI=1S/C46H54O4S/c1-5-45(4,32-34-51-46(40-25-15-8-16-26-40,41-27-17-9-18-28-41)42-29-19-10-20-30-42)50-37-44(2,3)49-33-31-43(47-35-38-21-11-6-12-22-38)48-36-39-23-13-7-14-24-39/h6-30,43H,5,31-37H2,1-4H3. The van der Waals surface area contributed by atoms with Crippen molar-refractivity contribution in [2.45, 2.75) is 82.4 Å². The third-order valence-corrected chi connectivity index (χ3v) is 11.0. The Hall–Kier alpha value is -3.71. The van der Waals surface area contributed by atoms with Gasteiger partial charge in [-0.2, -0.15) is 0 Å². The maximum atomic E-state index is 6.74. The largest absolute Gasteiger partial charge is 0.373 e. The van der Waals surface area contributed by atoms with Crippen LogP contribution in [0.1, 0.15) is 74.8 Å². The Kier molecular flexibility index (Phi) is 14.5. The minimum atomic E-state index is -0.477. The van der Waals surface area contributed by atoms with Crippen molar-refractivity contribution in [2.75, 3.05) is 19.0 Å². The molecule has 5 aromatic rings. The number of thioether (sulfide) groups is 1. The molecule has 0 amide bonds. The van der Waals surface area contributed by atoms with Crippen LogP contribution in [0.15, 0.2) is 152 Å². The van der Waals surface area contributed by atoms with E-state index in [1.54, 1.807) is 0 Å². The van der Waals surface area contributed by atoms with E-state index < -0.39 is 5.60 Å². The summed E-state index contributed by atoms with van der Waals surface area (Å²) in [5.41, 5.74) is 5.29. The minimum absolute atomic E-state index is 0.302. The fourth-order valence-corrected chi connectivity index (χ4v) is 7.85. The maximum Gasteiger partial charge on any atom is 0.160 e. The van der Waals surface area contributed by atoms with E-state index in [1.807, 2.05) is 48.2 Å². The maximum absolute atomic E-state index is 6.74. The van der Waals surface area contributed by atoms with E-state index in [1.165, 1.54) is 16.7 Å². The lowest BCUT2D eigenvalue weighted by Crippen LogP contribution is -2.39. The van der Waals surface area contributed by atoms with Crippen LogP contribution < -0.4 is 0 Å². The number of ether oxygens (including phenoxy) is 4. The first-order valence-corrected chi connectivity index (χ1v) is 19.2. The molecule has 0 radical (unpaired) electrons. The number of hydrogen-bond acceptors (Lipinski definition) is 5. The van der Waals surface area contributed by atoms with Crippen LogP contribution in [-0.4, -0.2) is 36.5 Å². The normalized spacial score (nSPS) is 13.3. The predicted octanol–water partition coefficient (Wildman–Crippen LogP) is 11.2. The Morgan fingerprint density at radius 2 is 0.961 bits per heavy atom. The summed E-state index contributed by atoms with van der Waals surface area (Å²) in [5.74, 6) is 0.920. The molecule has 0 heterocycles. The van der Waals surface area contributed by atoms with Gasteiger partial charge < -0.3 is 18.9 Å². The van der Waals surface area contributed by atoms with E-state index >= 15 is 0 Å². The van der Waals surface area contributed by atoms with E-state index in [0.717, 1.165) is 29.7 Å². The van der Waals surface area contributed by atoms with Gasteiger partial charge in [0.25, 0.3) is 0 Å². The smallest absolute Gasteiger partial charge is 0.160 e. The van der Waals surface area contributed by atoms with Crippen LogP contribution in [0.3, 0.4) is 0 Å². The number of benzene rings is 5. The lowest BCUT2D eigenvalue weighted by atomic mass is 9.84. The van der Waals surface area contributed by atoms with Gasteiger partial charge in [0.05, 0.1) is 42.4 Å². The highest BCUT2D eigenvalue weighted by atomic mass is 32.2. The second-order valence-corrected chi connectivity index (χ2v) is 15.2. The average molecular weight is 703 g/mol. The molecule has 51 heavy (non-hydrogen) atoms. The van der Waals surface area contributed by atoms with Crippen molar-refractivity contribution in [3.63, 3.8) is 0 Å². The Morgan fingerprint density at radius 3 is 1.37 bits per heavy atom. The molecule has 1 unspecified atom stereocenters. The third-order valence-electron chi connectivity index (χ3n) is 9.41. The van der Waals surface area contributed by atoms with E-state index in [4.69, 9.17) is 18.9 Å². The van der Waals surface area contributed by atoms with Gasteiger partial charge in [0.2, 0.25) is 0 Å². The molecule has 268 valence electrons. The molecule has 0 bridgehead atoms. The first-order valence-electron chi connectivity index (χ1n) is 18.2. The fourth-order valence-electron chi connectivity index (χ4n) is 6.10. The molecule has 0 N–H and O–H groups in total. The molecule has 0 fully saturated rings. The monoisotopic (exact) mass is 702 g/mol. The van der Waals surface area contributed by atoms with Crippen molar-refractivity contribution in [1.29, 1.82) is 0 Å². The van der Waals surface area contributed by atoms with Gasteiger partial charge in [-0.3, -0.25) is 0 Å². The first kappa shape index (κ1) is 38.5. The number of rotatable bonds is 21. The second kappa shape index (κ2) is 19.2. The molecule has 0 aliphatic carbocycles. The molecule has 0 spiro atoms. The Labute approximate surface area is 310 Å². The van der Waals surface area contributed by atoms with Crippen molar-refractivity contribution in [3.05, 3.63) is 179 Å². The molecule has 0 aliphatic rings. The van der Waals surface area contributed by atoms with Gasteiger partial charge in [0.15, 0.2) is 6.29 Å². The summed E-state index contributed by atoms with van der Waals surface area (Å²) in [6.45, 7) is 10.6. The summed E-state index contributed by atoms with van der Waals surface area (Å²) in [7, 11) is 0. The highest BCUT2D eigenvalue weighted by Gasteiger charge is 2.38. The summed E-state index contributed by atoms with van der Waals surface area (Å²) in [6, 6.07) is 53.1. The lowest BCUT2D eigenvalue weighted by Gasteiger charge is -2.38. The number of hydrogen-bond donors (Lipinski definition) is 0. The van der Waals surface area contributed by atoms with Crippen LogP contribution in [0.25, 0.3) is 0 Å². The van der Waals surface area contributed by atoms with Gasteiger partial charge in [-0.25, -0.2) is 0 Å². The van der Waals surface area contributed by atoms with Gasteiger partial charge in [0, 0.05) is 6.42 Å². The van der Waals surface area contributed by atoms with Crippen LogP contribution in [-0.2, 0) is 36.9 Å². The molecule has 1 atom stereocenters. The van der Waals surface area contributed by atoms with E-state index in [2.05, 4.69) is 143 Å². The summed E-state index contributed by atoms with van der Waals surface area (Å²) in [4.78, 5) is 0. The zero-order valence-corrected chi connectivity index (χ0v) is 31.5. The lowest BCUT2D eigenvalue weighted by molar-refractivity contribution is -0.179. The van der Waals surface area contributed by atoms with Gasteiger partial charge in [0.1, 0.15) is 0 Å². The van der Waals surface area contributed by atoms with Crippen molar-refractivity contribution in [1.82, 2.24) is 0 Å². The van der Waals surface area contributed by atoms with Crippen LogP contribution in [0, 0.1) is 0 Å². The highest BCUT2D eigenvalue weighted by molar-refractivity contribution is 8.00. The van der Waals surface area contributed by atoms with Crippen molar-refractivity contribution >= 4 is 11.8 Å². The quantitative estimate of drug-likeness (QED) is 0.0562. The van der Waals surface area contributed by atoms with E-state index in [0.29, 0.717) is 32.8 Å². The third kappa shape index (κ3) is 11.4. The van der Waals surface area contributed by atoms with Crippen LogP contribution >= 0.6 is 11.8 Å². The SMILES string of the molecule is CCC(C)(CCSC(c1ccccc1)(c1ccccc1)c1ccccc1)OCC(C)(C)OCCC(OCc1ccccc1)OCc1ccccc1. The Morgan fingerprint density at radius 1 is 0.549 bits per heavy atom. The molecule has 5 heteroatoms. The molecule has 0 aromatic heterocycles. The Bertz CT molecular complexity index is 1530. The highest BCUT2D eigenvalue weighted by Crippen LogP contribution is 2.49. The van der Waals surface area contributed by atoms with Crippen molar-refractivity contribution < 1.29 is 18.9 Å². The average Bonchev–Trinajstić information content (AvgIpc) is 3.18. The summed E-state index contributed by atoms with van der Waals surface area (Å²) in [6.07, 6.45) is 2.03. The van der Waals surface area contributed by atoms with Crippen molar-refractivity contribution in [3.8, 4) is 0 Å². The zero-order valence-electron chi connectivity index (χ0n) is 30.7. The summed E-state index contributed by atoms with van der Waals surface area (Å²) >= 11 is 1.99. The second-order valence-electron chi connectivity index (χ2n) is 13.9. The molecule has 0 saturated heterocycles. The minimum Gasteiger partial charge on any atom is -0.373 e. The summed E-state index contributed by atoms with van der Waals surface area (Å²) < 4.78 is 25.3. The molecule has 0 saturated carbocycles. The van der Waals surface area contributed by atoms with E-state index in [-0.39, 0.29) is 16.6 Å². The van der Waals surface area contributed by atoms with Gasteiger partial charge in [-0.1, -0.05) is 159 Å². The first-order chi connectivity index (χ1) is 24.8. The van der Waals surface area contributed by atoms with Crippen LogP contribution in [0.4, 0.5) is 0 Å².